The maximum absolute atomic E-state index is 12.3. The van der Waals surface area contributed by atoms with E-state index in [1.54, 1.807) is 24.3 Å². The molecule has 2 rings (SSSR count). The first-order valence-electron chi connectivity index (χ1n) is 7.93. The van der Waals surface area contributed by atoms with Crippen LogP contribution in [0.3, 0.4) is 0 Å². The number of Topliss-reactive ketones (excluding diaryl/α,β-unsaturated/α-hetero) is 1. The van der Waals surface area contributed by atoms with Gasteiger partial charge in [-0.05, 0) is 49.4 Å². The lowest BCUT2D eigenvalue weighted by Crippen LogP contribution is -2.34. The fourth-order valence-corrected chi connectivity index (χ4v) is 2.70. The molecule has 1 amide bonds. The van der Waals surface area contributed by atoms with Crippen molar-refractivity contribution in [3.05, 3.63) is 63.6 Å². The number of halogens is 2. The molecular formula is C19H17Cl2NO5. The highest BCUT2D eigenvalue weighted by molar-refractivity contribution is 6.36. The number of hydrogen-bond acceptors (Lipinski definition) is 5. The lowest BCUT2D eigenvalue weighted by atomic mass is 10.1. The Kier molecular flexibility index (Phi) is 7.21. The number of ether oxygens (including phenoxy) is 2. The number of carbonyl (C=O) groups is 3. The molecule has 0 radical (unpaired) electrons. The Hall–Kier alpha value is -2.57. The molecule has 2 aromatic carbocycles. The van der Waals surface area contributed by atoms with E-state index in [4.69, 9.17) is 32.7 Å². The van der Waals surface area contributed by atoms with Crippen LogP contribution in [0.1, 0.15) is 27.6 Å². The van der Waals surface area contributed by atoms with Crippen LogP contribution in [0.2, 0.25) is 10.0 Å². The van der Waals surface area contributed by atoms with Crippen LogP contribution in [0.15, 0.2) is 42.5 Å². The molecule has 0 aliphatic heterocycles. The Morgan fingerprint density at radius 1 is 1.07 bits per heavy atom. The first-order valence-corrected chi connectivity index (χ1v) is 8.68. The predicted octanol–water partition coefficient (Wildman–Crippen LogP) is 3.55. The summed E-state index contributed by atoms with van der Waals surface area (Å²) in [5.74, 6) is -1.05. The summed E-state index contributed by atoms with van der Waals surface area (Å²) in [5, 5.41) is 2.94. The third-order valence-electron chi connectivity index (χ3n) is 3.62. The van der Waals surface area contributed by atoms with E-state index in [9.17, 15) is 14.4 Å². The molecular weight excluding hydrogens is 393 g/mol. The molecule has 1 atom stereocenters. The van der Waals surface area contributed by atoms with Crippen LogP contribution in [-0.4, -0.2) is 37.4 Å². The van der Waals surface area contributed by atoms with Crippen LogP contribution >= 0.6 is 23.2 Å². The molecule has 27 heavy (non-hydrogen) atoms. The number of rotatable bonds is 7. The van der Waals surface area contributed by atoms with Crippen LogP contribution in [-0.2, 0) is 9.53 Å². The van der Waals surface area contributed by atoms with Gasteiger partial charge in [-0.1, -0.05) is 23.2 Å². The standard InChI is InChI=1S/C19H17Cl2NO5/c1-11(18(24)12-3-6-14(26-2)7-4-12)27-17(23)10-22-19(25)15-8-5-13(20)9-16(15)21/h3-9,11H,10H2,1-2H3,(H,22,25)/t11-/m1/s1. The maximum Gasteiger partial charge on any atom is 0.326 e. The quantitative estimate of drug-likeness (QED) is 0.558. The van der Waals surface area contributed by atoms with Gasteiger partial charge in [0.05, 0.1) is 17.7 Å². The molecule has 8 heteroatoms. The van der Waals surface area contributed by atoms with Gasteiger partial charge in [-0.2, -0.15) is 0 Å². The summed E-state index contributed by atoms with van der Waals surface area (Å²) in [5.41, 5.74) is 0.560. The molecule has 0 spiro atoms. The van der Waals surface area contributed by atoms with Crippen molar-refractivity contribution < 1.29 is 23.9 Å². The predicted molar refractivity (Wildman–Crippen MR) is 102 cm³/mol. The summed E-state index contributed by atoms with van der Waals surface area (Å²) in [7, 11) is 1.52. The van der Waals surface area contributed by atoms with Gasteiger partial charge in [0.1, 0.15) is 12.3 Å². The summed E-state index contributed by atoms with van der Waals surface area (Å²) in [6.45, 7) is 1.06. The molecule has 2 aromatic rings. The molecule has 0 aliphatic rings. The van der Waals surface area contributed by atoms with Crippen molar-refractivity contribution in [2.75, 3.05) is 13.7 Å². The van der Waals surface area contributed by atoms with Crippen LogP contribution in [0.4, 0.5) is 0 Å². The number of nitrogens with one attached hydrogen (secondary N) is 1. The van der Waals surface area contributed by atoms with Crippen LogP contribution in [0.5, 0.6) is 5.75 Å². The Bertz CT molecular complexity index is 852. The smallest absolute Gasteiger partial charge is 0.326 e. The van der Waals surface area contributed by atoms with Gasteiger partial charge in [-0.3, -0.25) is 14.4 Å². The van der Waals surface area contributed by atoms with E-state index >= 15 is 0 Å². The number of amides is 1. The van der Waals surface area contributed by atoms with Gasteiger partial charge in [-0.25, -0.2) is 0 Å². The third-order valence-corrected chi connectivity index (χ3v) is 4.17. The third kappa shape index (κ3) is 5.70. The van der Waals surface area contributed by atoms with Crippen molar-refractivity contribution in [3.8, 4) is 5.75 Å². The Balaban J connectivity index is 1.88. The number of methoxy groups -OCH3 is 1. The van der Waals surface area contributed by atoms with E-state index in [1.807, 2.05) is 0 Å². The van der Waals surface area contributed by atoms with Crippen molar-refractivity contribution in [1.82, 2.24) is 5.32 Å². The molecule has 0 heterocycles. The minimum atomic E-state index is -0.998. The van der Waals surface area contributed by atoms with E-state index in [0.717, 1.165) is 0 Å². The second-order valence-corrected chi connectivity index (χ2v) is 6.38. The molecule has 0 fully saturated rings. The van der Waals surface area contributed by atoms with Gasteiger partial charge in [-0.15, -0.1) is 0 Å². The lowest BCUT2D eigenvalue weighted by molar-refractivity contribution is -0.145. The largest absolute Gasteiger partial charge is 0.497 e. The van der Waals surface area contributed by atoms with E-state index in [0.29, 0.717) is 16.3 Å². The fraction of sp³-hybridized carbons (Fsp3) is 0.211. The molecule has 0 unspecified atom stereocenters. The molecule has 0 bridgehead atoms. The van der Waals surface area contributed by atoms with Gasteiger partial charge in [0.25, 0.3) is 5.91 Å². The molecule has 142 valence electrons. The zero-order chi connectivity index (χ0) is 20.0. The minimum absolute atomic E-state index is 0.163. The summed E-state index contributed by atoms with van der Waals surface area (Å²) < 4.78 is 10.1. The van der Waals surface area contributed by atoms with E-state index in [1.165, 1.54) is 32.2 Å². The Morgan fingerprint density at radius 3 is 2.33 bits per heavy atom. The second kappa shape index (κ2) is 9.39. The van der Waals surface area contributed by atoms with Gasteiger partial charge >= 0.3 is 5.97 Å². The topological polar surface area (TPSA) is 81.7 Å². The fourth-order valence-electron chi connectivity index (χ4n) is 2.20. The van der Waals surface area contributed by atoms with E-state index in [2.05, 4.69) is 5.32 Å². The monoisotopic (exact) mass is 409 g/mol. The normalized spacial score (nSPS) is 11.4. The highest BCUT2D eigenvalue weighted by Gasteiger charge is 2.20. The molecule has 0 saturated carbocycles. The average Bonchev–Trinajstić information content (AvgIpc) is 2.65. The number of esters is 1. The minimum Gasteiger partial charge on any atom is -0.497 e. The van der Waals surface area contributed by atoms with Crippen molar-refractivity contribution in [1.29, 1.82) is 0 Å². The highest BCUT2D eigenvalue weighted by Crippen LogP contribution is 2.20. The number of ketones is 1. The first kappa shape index (κ1) is 20.7. The van der Waals surface area contributed by atoms with Crippen LogP contribution < -0.4 is 10.1 Å². The average molecular weight is 410 g/mol. The molecule has 6 nitrogen and oxygen atoms in total. The second-order valence-electron chi connectivity index (χ2n) is 5.53. The zero-order valence-electron chi connectivity index (χ0n) is 14.6. The van der Waals surface area contributed by atoms with Gasteiger partial charge in [0.15, 0.2) is 6.10 Å². The van der Waals surface area contributed by atoms with E-state index < -0.39 is 24.5 Å². The van der Waals surface area contributed by atoms with Gasteiger partial charge in [0, 0.05) is 10.6 Å². The van der Waals surface area contributed by atoms with Crippen molar-refractivity contribution in [3.63, 3.8) is 0 Å². The summed E-state index contributed by atoms with van der Waals surface area (Å²) in [4.78, 5) is 36.2. The highest BCUT2D eigenvalue weighted by atomic mass is 35.5. The van der Waals surface area contributed by atoms with Crippen molar-refractivity contribution in [2.24, 2.45) is 0 Å². The van der Waals surface area contributed by atoms with Crippen LogP contribution in [0.25, 0.3) is 0 Å². The lowest BCUT2D eigenvalue weighted by Gasteiger charge is -2.13. The Labute approximate surface area is 166 Å². The number of hydrogen-bond donors (Lipinski definition) is 1. The molecule has 0 aliphatic carbocycles. The van der Waals surface area contributed by atoms with Crippen molar-refractivity contribution in [2.45, 2.75) is 13.0 Å². The number of carbonyl (C=O) groups excluding carboxylic acids is 3. The SMILES string of the molecule is COc1ccc(C(=O)[C@@H](C)OC(=O)CNC(=O)c2ccc(Cl)cc2Cl)cc1. The maximum atomic E-state index is 12.3. The Morgan fingerprint density at radius 2 is 1.74 bits per heavy atom. The summed E-state index contributed by atoms with van der Waals surface area (Å²) in [6.07, 6.45) is -0.998. The number of benzene rings is 2. The summed E-state index contributed by atoms with van der Waals surface area (Å²) in [6, 6.07) is 10.8. The summed E-state index contributed by atoms with van der Waals surface area (Å²) >= 11 is 11.7. The van der Waals surface area contributed by atoms with Crippen LogP contribution in [0, 0.1) is 0 Å². The van der Waals surface area contributed by atoms with Gasteiger partial charge < -0.3 is 14.8 Å². The first-order chi connectivity index (χ1) is 12.8. The molecule has 1 N–H and O–H groups in total. The molecule has 0 aromatic heterocycles. The van der Waals surface area contributed by atoms with Gasteiger partial charge in [0.2, 0.25) is 5.78 Å². The zero-order valence-corrected chi connectivity index (χ0v) is 16.1. The van der Waals surface area contributed by atoms with E-state index in [-0.39, 0.29) is 16.4 Å². The van der Waals surface area contributed by atoms with Crippen molar-refractivity contribution >= 4 is 40.9 Å². The molecule has 0 saturated heterocycles.